The van der Waals surface area contributed by atoms with Gasteiger partial charge in [0.15, 0.2) is 0 Å². The Bertz CT molecular complexity index is 1040. The molecule has 5 nitrogen and oxygen atoms in total. The Labute approximate surface area is 155 Å². The standard InChI is InChI=1S/C20H14N4OS/c25-20(26)19-8-7-18(24-19)12-17-6-5-16(23-17)11-15-4-3-14(22-15)10-13-2-1-9-21-13/h1-12,24H,(H,25,26). The van der Waals surface area contributed by atoms with E-state index in [0.717, 1.165) is 34.2 Å². The molecule has 0 bridgehead atoms. The Kier molecular flexibility index (Phi) is 4.25. The first-order valence-electron chi connectivity index (χ1n) is 7.97. The van der Waals surface area contributed by atoms with Gasteiger partial charge in [-0.3, -0.25) is 4.99 Å². The van der Waals surface area contributed by atoms with E-state index in [1.807, 2.05) is 60.8 Å². The summed E-state index contributed by atoms with van der Waals surface area (Å²) in [6.45, 7) is 0. The molecule has 4 heterocycles. The smallest absolute Gasteiger partial charge is 0.205 e. The van der Waals surface area contributed by atoms with E-state index >= 15 is 0 Å². The number of hydrogen-bond acceptors (Lipinski definition) is 4. The molecule has 0 fully saturated rings. The van der Waals surface area contributed by atoms with Gasteiger partial charge in [0.2, 0.25) is 5.05 Å². The summed E-state index contributed by atoms with van der Waals surface area (Å²) in [4.78, 5) is 16.3. The summed E-state index contributed by atoms with van der Waals surface area (Å²) >= 11 is 4.73. The predicted octanol–water partition coefficient (Wildman–Crippen LogP) is 4.02. The lowest BCUT2D eigenvalue weighted by atomic mass is 10.2. The van der Waals surface area contributed by atoms with Crippen molar-refractivity contribution < 1.29 is 5.11 Å². The van der Waals surface area contributed by atoms with Gasteiger partial charge in [0.1, 0.15) is 0 Å². The minimum absolute atomic E-state index is 0.152. The summed E-state index contributed by atoms with van der Waals surface area (Å²) < 4.78 is 0. The number of allylic oxidation sites excluding steroid dienone is 8. The largest absolute Gasteiger partial charge is 0.497 e. The first kappa shape index (κ1) is 16.1. The Morgan fingerprint density at radius 2 is 1.58 bits per heavy atom. The maximum atomic E-state index is 9.31. The first-order chi connectivity index (χ1) is 12.7. The monoisotopic (exact) mass is 358 g/mol. The first-order valence-corrected chi connectivity index (χ1v) is 8.38. The van der Waals surface area contributed by atoms with E-state index in [2.05, 4.69) is 20.0 Å². The molecule has 3 aliphatic heterocycles. The zero-order valence-electron chi connectivity index (χ0n) is 13.6. The zero-order valence-corrected chi connectivity index (χ0v) is 14.4. The summed E-state index contributed by atoms with van der Waals surface area (Å²) in [7, 11) is 0. The molecule has 6 heteroatoms. The van der Waals surface area contributed by atoms with Crippen LogP contribution in [0.15, 0.2) is 92.8 Å². The number of aliphatic hydroxyl groups is 1. The van der Waals surface area contributed by atoms with Gasteiger partial charge in [-0.15, -0.1) is 0 Å². The van der Waals surface area contributed by atoms with E-state index in [0.29, 0.717) is 5.69 Å². The van der Waals surface area contributed by atoms with E-state index in [9.17, 15) is 5.11 Å². The second-order valence-electron chi connectivity index (χ2n) is 5.72. The summed E-state index contributed by atoms with van der Waals surface area (Å²) in [5.41, 5.74) is 5.60. The second-order valence-corrected chi connectivity index (χ2v) is 6.10. The van der Waals surface area contributed by atoms with Gasteiger partial charge in [-0.25, -0.2) is 9.98 Å². The van der Waals surface area contributed by atoms with Crippen molar-refractivity contribution in [2.24, 2.45) is 15.0 Å². The molecule has 0 radical (unpaired) electrons. The predicted molar refractivity (Wildman–Crippen MR) is 110 cm³/mol. The molecule has 0 unspecified atom stereocenters. The van der Waals surface area contributed by atoms with Gasteiger partial charge in [0.25, 0.3) is 0 Å². The lowest BCUT2D eigenvalue weighted by Crippen LogP contribution is -1.93. The quantitative estimate of drug-likeness (QED) is 0.798. The van der Waals surface area contributed by atoms with Crippen molar-refractivity contribution >= 4 is 41.0 Å². The van der Waals surface area contributed by atoms with Crippen molar-refractivity contribution in [2.45, 2.75) is 0 Å². The summed E-state index contributed by atoms with van der Waals surface area (Å²) in [6.07, 6.45) is 19.1. The fourth-order valence-corrected chi connectivity index (χ4v) is 2.71. The second kappa shape index (κ2) is 6.85. The van der Waals surface area contributed by atoms with Crippen LogP contribution in [0.25, 0.3) is 6.08 Å². The third kappa shape index (κ3) is 3.65. The van der Waals surface area contributed by atoms with Gasteiger partial charge in [0, 0.05) is 11.9 Å². The minimum atomic E-state index is -0.152. The summed E-state index contributed by atoms with van der Waals surface area (Å²) in [5.74, 6) is 0. The van der Waals surface area contributed by atoms with Crippen molar-refractivity contribution in [1.29, 1.82) is 0 Å². The van der Waals surface area contributed by atoms with Crippen LogP contribution in [0.5, 0.6) is 0 Å². The molecule has 0 saturated heterocycles. The third-order valence-electron chi connectivity index (χ3n) is 3.78. The lowest BCUT2D eigenvalue weighted by Gasteiger charge is -1.92. The molecule has 126 valence electrons. The molecule has 2 N–H and O–H groups in total. The third-order valence-corrected chi connectivity index (χ3v) is 4.00. The van der Waals surface area contributed by atoms with Crippen LogP contribution < -0.4 is 0 Å². The van der Waals surface area contributed by atoms with Crippen LogP contribution in [0.3, 0.4) is 0 Å². The topological polar surface area (TPSA) is 73.1 Å². The highest BCUT2D eigenvalue weighted by molar-refractivity contribution is 7.80. The van der Waals surface area contributed by atoms with Crippen molar-refractivity contribution in [3.8, 4) is 0 Å². The normalized spacial score (nSPS) is 22.2. The Balaban J connectivity index is 1.49. The van der Waals surface area contributed by atoms with Gasteiger partial charge >= 0.3 is 0 Å². The highest BCUT2D eigenvalue weighted by atomic mass is 32.1. The van der Waals surface area contributed by atoms with Gasteiger partial charge in [-0.2, -0.15) is 0 Å². The molecule has 0 saturated carbocycles. The fraction of sp³-hybridized carbons (Fsp3) is 0. The average Bonchev–Trinajstić information content (AvgIpc) is 3.38. The number of rotatable bonds is 4. The van der Waals surface area contributed by atoms with Gasteiger partial charge in [-0.05, 0) is 79.0 Å². The van der Waals surface area contributed by atoms with Crippen molar-refractivity contribution in [3.05, 3.63) is 89.2 Å². The maximum absolute atomic E-state index is 9.31. The number of nitrogens with zero attached hydrogens (tertiary/aromatic N) is 3. The van der Waals surface area contributed by atoms with Gasteiger partial charge in [0.05, 0.1) is 34.2 Å². The van der Waals surface area contributed by atoms with Crippen LogP contribution in [0.1, 0.15) is 11.4 Å². The Morgan fingerprint density at radius 3 is 2.19 bits per heavy atom. The number of H-pyrrole nitrogens is 1. The molecule has 0 spiro atoms. The molecule has 0 amide bonds. The lowest BCUT2D eigenvalue weighted by molar-refractivity contribution is 0.569. The molecular weight excluding hydrogens is 344 g/mol. The molecule has 0 atom stereocenters. The van der Waals surface area contributed by atoms with Gasteiger partial charge in [-0.1, -0.05) is 0 Å². The van der Waals surface area contributed by atoms with E-state index < -0.39 is 0 Å². The van der Waals surface area contributed by atoms with Crippen LogP contribution in [0.4, 0.5) is 0 Å². The molecule has 0 aliphatic carbocycles. The molecular formula is C20H14N4OS. The summed E-state index contributed by atoms with van der Waals surface area (Å²) in [6, 6.07) is 3.58. The van der Waals surface area contributed by atoms with Crippen LogP contribution in [0, 0.1) is 0 Å². The van der Waals surface area contributed by atoms with E-state index in [1.165, 1.54) is 0 Å². The van der Waals surface area contributed by atoms with Gasteiger partial charge < -0.3 is 10.1 Å². The molecule has 4 rings (SSSR count). The molecule has 3 aliphatic rings. The van der Waals surface area contributed by atoms with Crippen LogP contribution in [0.2, 0.25) is 0 Å². The Hall–Kier alpha value is -3.38. The zero-order chi connectivity index (χ0) is 17.9. The molecule has 26 heavy (non-hydrogen) atoms. The SMILES string of the molecule is OC(=S)c1ccc(C=C2C=CC(C=C3C=CC(C=C4C=CC=N4)=N3)=N2)[nH]1. The fourth-order valence-electron chi connectivity index (χ4n) is 2.59. The number of aliphatic imine (C=N–C) groups is 3. The van der Waals surface area contributed by atoms with Crippen LogP contribution in [-0.4, -0.2) is 32.8 Å². The average molecular weight is 358 g/mol. The molecule has 1 aromatic heterocycles. The number of aromatic amines is 1. The van der Waals surface area contributed by atoms with Crippen molar-refractivity contribution in [3.63, 3.8) is 0 Å². The molecule has 1 aromatic rings. The maximum Gasteiger partial charge on any atom is 0.205 e. The number of aliphatic hydroxyl groups excluding tert-OH is 1. The highest BCUT2D eigenvalue weighted by Gasteiger charge is 2.08. The van der Waals surface area contributed by atoms with E-state index in [1.54, 1.807) is 12.3 Å². The number of hydrogen-bond donors (Lipinski definition) is 2. The van der Waals surface area contributed by atoms with E-state index in [-0.39, 0.29) is 5.05 Å². The van der Waals surface area contributed by atoms with Crippen molar-refractivity contribution in [2.75, 3.05) is 0 Å². The summed E-state index contributed by atoms with van der Waals surface area (Å²) in [5, 5.41) is 9.15. The molecule has 0 aromatic carbocycles. The minimum Gasteiger partial charge on any atom is -0.497 e. The highest BCUT2D eigenvalue weighted by Crippen LogP contribution is 2.18. The van der Waals surface area contributed by atoms with Crippen LogP contribution >= 0.6 is 12.2 Å². The Morgan fingerprint density at radius 1 is 0.885 bits per heavy atom. The number of thiocarbonyl (C=S) groups is 1. The number of nitrogens with one attached hydrogen (secondary N) is 1. The number of aromatic nitrogens is 1. The van der Waals surface area contributed by atoms with E-state index in [4.69, 9.17) is 12.2 Å². The van der Waals surface area contributed by atoms with Crippen molar-refractivity contribution in [1.82, 2.24) is 4.98 Å². The van der Waals surface area contributed by atoms with Crippen LogP contribution in [-0.2, 0) is 0 Å².